The van der Waals surface area contributed by atoms with Gasteiger partial charge in [-0.05, 0) is 37.1 Å². The van der Waals surface area contributed by atoms with Crippen LogP contribution in [0.3, 0.4) is 0 Å². The monoisotopic (exact) mass is 330 g/mol. The fourth-order valence-corrected chi connectivity index (χ4v) is 3.63. The van der Waals surface area contributed by atoms with Gasteiger partial charge in [0.1, 0.15) is 11.6 Å². The molecule has 0 amide bonds. The van der Waals surface area contributed by atoms with Crippen molar-refractivity contribution in [3.8, 4) is 0 Å². The summed E-state index contributed by atoms with van der Waals surface area (Å²) in [5.41, 5.74) is 2.78. The highest BCUT2D eigenvalue weighted by atomic mass is 15.3. The molecule has 6 nitrogen and oxygen atoms in total. The van der Waals surface area contributed by atoms with Gasteiger partial charge in [-0.3, -0.25) is 9.38 Å². The lowest BCUT2D eigenvalue weighted by Crippen LogP contribution is -2.35. The molecule has 0 radical (unpaired) electrons. The molecule has 0 N–H and O–H groups in total. The molecule has 1 aliphatic heterocycles. The lowest BCUT2D eigenvalue weighted by molar-refractivity contribution is 0.486. The lowest BCUT2D eigenvalue weighted by Gasteiger charge is -2.32. The van der Waals surface area contributed by atoms with Crippen molar-refractivity contribution < 1.29 is 0 Å². The first-order valence-electron chi connectivity index (χ1n) is 8.65. The molecular weight excluding hydrogens is 312 g/mol. The first kappa shape index (κ1) is 14.3. The molecule has 0 unspecified atom stereocenters. The van der Waals surface area contributed by atoms with Gasteiger partial charge >= 0.3 is 0 Å². The molecule has 4 aromatic rings. The number of piperidine rings is 1. The van der Waals surface area contributed by atoms with E-state index in [9.17, 15) is 0 Å². The van der Waals surface area contributed by atoms with Gasteiger partial charge in [0.05, 0.1) is 17.2 Å². The number of pyridine rings is 1. The Morgan fingerprint density at radius 2 is 1.84 bits per heavy atom. The third-order valence-corrected chi connectivity index (χ3v) is 4.89. The van der Waals surface area contributed by atoms with Crippen LogP contribution in [0.1, 0.15) is 24.6 Å². The molecule has 0 spiro atoms. The number of benzene rings is 1. The smallest absolute Gasteiger partial charge is 0.160 e. The Hall–Kier alpha value is -3.02. The largest absolute Gasteiger partial charge is 0.355 e. The second-order valence-electron chi connectivity index (χ2n) is 6.49. The standard InChI is InChI=1S/C19H18N6/c1-2-8-16-15(7-1)20-12-18(21-16)24-10-5-6-14(13-24)19-23-22-17-9-3-4-11-25(17)19/h1-4,7-9,11-12,14H,5-6,10,13H2/t14-/m1/s1. The second-order valence-corrected chi connectivity index (χ2v) is 6.49. The SMILES string of the molecule is c1ccc2nc(N3CCC[C@@H](c4nnc5ccccn45)C3)cnc2c1. The zero-order chi connectivity index (χ0) is 16.6. The summed E-state index contributed by atoms with van der Waals surface area (Å²) in [5.74, 6) is 2.32. The van der Waals surface area contributed by atoms with Gasteiger partial charge in [-0.1, -0.05) is 18.2 Å². The van der Waals surface area contributed by atoms with Crippen LogP contribution in [0, 0.1) is 0 Å². The van der Waals surface area contributed by atoms with Crippen LogP contribution in [-0.2, 0) is 0 Å². The minimum atomic E-state index is 0.347. The van der Waals surface area contributed by atoms with Crippen LogP contribution in [0.25, 0.3) is 16.7 Å². The molecule has 0 saturated carbocycles. The fraction of sp³-hybridized carbons (Fsp3) is 0.263. The molecule has 124 valence electrons. The predicted molar refractivity (Wildman–Crippen MR) is 96.7 cm³/mol. The van der Waals surface area contributed by atoms with E-state index >= 15 is 0 Å². The van der Waals surface area contributed by atoms with Crippen LogP contribution in [-0.4, -0.2) is 37.7 Å². The van der Waals surface area contributed by atoms with Crippen molar-refractivity contribution in [3.63, 3.8) is 0 Å². The molecule has 1 saturated heterocycles. The molecule has 1 aromatic carbocycles. The van der Waals surface area contributed by atoms with Gasteiger partial charge in [0.15, 0.2) is 5.65 Å². The summed E-state index contributed by atoms with van der Waals surface area (Å²) in [7, 11) is 0. The van der Waals surface area contributed by atoms with Gasteiger partial charge in [-0.2, -0.15) is 0 Å². The summed E-state index contributed by atoms with van der Waals surface area (Å²) in [4.78, 5) is 11.7. The Morgan fingerprint density at radius 3 is 2.80 bits per heavy atom. The molecule has 0 bridgehead atoms. The molecule has 0 aliphatic carbocycles. The topological polar surface area (TPSA) is 59.2 Å². The summed E-state index contributed by atoms with van der Waals surface area (Å²) in [6.45, 7) is 1.89. The number of hydrogen-bond acceptors (Lipinski definition) is 5. The van der Waals surface area contributed by atoms with Gasteiger partial charge in [0.2, 0.25) is 0 Å². The summed E-state index contributed by atoms with van der Waals surface area (Å²) in [6.07, 6.45) is 6.15. The zero-order valence-electron chi connectivity index (χ0n) is 13.8. The van der Waals surface area contributed by atoms with Gasteiger partial charge in [0.25, 0.3) is 0 Å². The highest BCUT2D eigenvalue weighted by molar-refractivity contribution is 5.75. The normalized spacial score (nSPS) is 18.1. The number of nitrogens with zero attached hydrogens (tertiary/aromatic N) is 6. The highest BCUT2D eigenvalue weighted by Crippen LogP contribution is 2.28. The van der Waals surface area contributed by atoms with Crippen LogP contribution in [0.5, 0.6) is 0 Å². The Morgan fingerprint density at radius 1 is 0.960 bits per heavy atom. The van der Waals surface area contributed by atoms with Crippen molar-refractivity contribution in [1.82, 2.24) is 24.6 Å². The van der Waals surface area contributed by atoms with Gasteiger partial charge in [-0.25, -0.2) is 4.98 Å². The van der Waals surface area contributed by atoms with E-state index in [4.69, 9.17) is 4.98 Å². The molecule has 6 heteroatoms. The average molecular weight is 330 g/mol. The van der Waals surface area contributed by atoms with E-state index in [2.05, 4.69) is 24.5 Å². The molecule has 3 aromatic heterocycles. The third-order valence-electron chi connectivity index (χ3n) is 4.89. The van der Waals surface area contributed by atoms with E-state index in [1.807, 2.05) is 54.9 Å². The number of anilines is 1. The van der Waals surface area contributed by atoms with E-state index in [1.165, 1.54) is 0 Å². The Kier molecular flexibility index (Phi) is 3.33. The lowest BCUT2D eigenvalue weighted by atomic mass is 9.97. The van der Waals surface area contributed by atoms with E-state index in [0.717, 1.165) is 54.3 Å². The number of aromatic nitrogens is 5. The van der Waals surface area contributed by atoms with Crippen LogP contribution < -0.4 is 4.90 Å². The minimum Gasteiger partial charge on any atom is -0.355 e. The maximum absolute atomic E-state index is 4.80. The molecule has 1 fully saturated rings. The molecular formula is C19H18N6. The summed E-state index contributed by atoms with van der Waals surface area (Å²) < 4.78 is 2.10. The van der Waals surface area contributed by atoms with Gasteiger partial charge in [-0.15, -0.1) is 10.2 Å². The quantitative estimate of drug-likeness (QED) is 0.565. The number of fused-ring (bicyclic) bond motifs is 2. The Balaban J connectivity index is 1.47. The first-order valence-corrected chi connectivity index (χ1v) is 8.65. The molecule has 1 aliphatic rings. The van der Waals surface area contributed by atoms with E-state index in [0.29, 0.717) is 5.92 Å². The highest BCUT2D eigenvalue weighted by Gasteiger charge is 2.26. The number of rotatable bonds is 2. The molecule has 5 rings (SSSR count). The number of para-hydroxylation sites is 2. The number of hydrogen-bond donors (Lipinski definition) is 0. The Bertz CT molecular complexity index is 1040. The minimum absolute atomic E-state index is 0.347. The van der Waals surface area contributed by atoms with Crippen LogP contribution in [0.15, 0.2) is 54.9 Å². The second kappa shape index (κ2) is 5.81. The van der Waals surface area contributed by atoms with Crippen molar-refractivity contribution in [2.75, 3.05) is 18.0 Å². The van der Waals surface area contributed by atoms with E-state index < -0.39 is 0 Å². The maximum atomic E-state index is 4.80. The predicted octanol–water partition coefficient (Wildman–Crippen LogP) is 3.06. The summed E-state index contributed by atoms with van der Waals surface area (Å²) in [5, 5.41) is 8.75. The van der Waals surface area contributed by atoms with Crippen molar-refractivity contribution >= 4 is 22.5 Å². The van der Waals surface area contributed by atoms with Crippen molar-refractivity contribution in [3.05, 3.63) is 60.7 Å². The van der Waals surface area contributed by atoms with Crippen molar-refractivity contribution in [1.29, 1.82) is 0 Å². The first-order chi connectivity index (χ1) is 12.4. The summed E-state index contributed by atoms with van der Waals surface area (Å²) in [6, 6.07) is 14.0. The van der Waals surface area contributed by atoms with Crippen LogP contribution in [0.2, 0.25) is 0 Å². The average Bonchev–Trinajstić information content (AvgIpc) is 3.12. The van der Waals surface area contributed by atoms with Gasteiger partial charge < -0.3 is 4.90 Å². The van der Waals surface area contributed by atoms with Crippen molar-refractivity contribution in [2.45, 2.75) is 18.8 Å². The molecule has 4 heterocycles. The molecule has 1 atom stereocenters. The van der Waals surface area contributed by atoms with E-state index in [1.54, 1.807) is 0 Å². The van der Waals surface area contributed by atoms with Crippen molar-refractivity contribution in [2.24, 2.45) is 0 Å². The molecule has 25 heavy (non-hydrogen) atoms. The maximum Gasteiger partial charge on any atom is 0.160 e. The van der Waals surface area contributed by atoms with Crippen LogP contribution in [0.4, 0.5) is 5.82 Å². The van der Waals surface area contributed by atoms with Gasteiger partial charge in [0, 0.05) is 25.2 Å². The third kappa shape index (κ3) is 2.50. The summed E-state index contributed by atoms with van der Waals surface area (Å²) >= 11 is 0. The zero-order valence-corrected chi connectivity index (χ0v) is 13.8. The van der Waals surface area contributed by atoms with Crippen LogP contribution >= 0.6 is 0 Å². The Labute approximate surface area is 145 Å². The fourth-order valence-electron chi connectivity index (χ4n) is 3.63. The van der Waals surface area contributed by atoms with E-state index in [-0.39, 0.29) is 0 Å².